The molecule has 0 aromatic heterocycles. The maximum atomic E-state index is 7.31. The molecule has 1 radical (unpaired) electrons. The molecule has 0 unspecified atom stereocenters. The third-order valence-electron chi connectivity index (χ3n) is 1.12. The normalized spacial score (nSPS) is 10.0. The lowest BCUT2D eigenvalue weighted by molar-refractivity contribution is 0.852. The number of hydrogen-bond donors (Lipinski definition) is 1. The van der Waals surface area contributed by atoms with Gasteiger partial charge in [-0.25, -0.2) is 0 Å². The van der Waals surface area contributed by atoms with Crippen LogP contribution in [0.5, 0.6) is 0 Å². The zero-order chi connectivity index (χ0) is 6.57. The van der Waals surface area contributed by atoms with Crippen molar-refractivity contribution in [2.24, 2.45) is 5.92 Å². The Morgan fingerprint density at radius 1 is 1.62 bits per heavy atom. The van der Waals surface area contributed by atoms with Crippen molar-refractivity contribution in [1.82, 2.24) is 0 Å². The van der Waals surface area contributed by atoms with Gasteiger partial charge in [0.2, 0.25) is 0 Å². The number of hydrogen-bond acceptors (Lipinski definition) is 1. The third-order valence-corrected chi connectivity index (χ3v) is 1.12. The first-order valence-corrected chi connectivity index (χ1v) is 3.03. The molecule has 0 aliphatic rings. The highest BCUT2D eigenvalue weighted by Crippen LogP contribution is 1.99. The van der Waals surface area contributed by atoms with E-state index >= 15 is 0 Å². The summed E-state index contributed by atoms with van der Waals surface area (Å²) < 4.78 is 0. The third kappa shape index (κ3) is 2.78. The van der Waals surface area contributed by atoms with E-state index in [1.165, 1.54) is 0 Å². The van der Waals surface area contributed by atoms with Crippen molar-refractivity contribution in [3.05, 3.63) is 6.42 Å². The van der Waals surface area contributed by atoms with E-state index in [0.717, 1.165) is 12.1 Å². The van der Waals surface area contributed by atoms with Crippen LogP contribution >= 0.6 is 0 Å². The molecule has 0 aromatic rings. The minimum Gasteiger partial charge on any atom is -0.309 e. The van der Waals surface area contributed by atoms with Gasteiger partial charge in [0.15, 0.2) is 0 Å². The highest BCUT2D eigenvalue weighted by molar-refractivity contribution is 5.83. The van der Waals surface area contributed by atoms with Crippen LogP contribution in [-0.2, 0) is 0 Å². The lowest BCUT2D eigenvalue weighted by atomic mass is 10.0. The predicted octanol–water partition coefficient (Wildman–Crippen LogP) is 2.28. The van der Waals surface area contributed by atoms with E-state index in [1.807, 2.05) is 27.2 Å². The maximum absolute atomic E-state index is 7.31. The number of rotatable bonds is 3. The van der Waals surface area contributed by atoms with Crippen LogP contribution in [0.3, 0.4) is 0 Å². The second-order valence-electron chi connectivity index (χ2n) is 2.29. The Balaban J connectivity index is 3.33. The molecule has 0 rings (SSSR count). The Morgan fingerprint density at radius 2 is 2.12 bits per heavy atom. The molecule has 0 aromatic carbocycles. The molecule has 0 atom stereocenters. The molecule has 0 bridgehead atoms. The zero-order valence-electron chi connectivity index (χ0n) is 5.86. The highest BCUT2D eigenvalue weighted by atomic mass is 14.4. The van der Waals surface area contributed by atoms with Crippen LogP contribution in [0, 0.1) is 17.7 Å². The SMILES string of the molecule is C[CH]CC(=N)C(C)C. The molecular weight excluding hydrogens is 98.1 g/mol. The zero-order valence-corrected chi connectivity index (χ0v) is 5.86. The van der Waals surface area contributed by atoms with Crippen LogP contribution in [0.4, 0.5) is 0 Å². The van der Waals surface area contributed by atoms with E-state index in [1.54, 1.807) is 0 Å². The summed E-state index contributed by atoms with van der Waals surface area (Å²) in [6.07, 6.45) is 2.86. The predicted molar refractivity (Wildman–Crippen MR) is 37.2 cm³/mol. The van der Waals surface area contributed by atoms with Crippen molar-refractivity contribution >= 4 is 5.71 Å². The van der Waals surface area contributed by atoms with Crippen LogP contribution in [0.15, 0.2) is 0 Å². The molecule has 0 spiro atoms. The first-order valence-electron chi connectivity index (χ1n) is 3.03. The Morgan fingerprint density at radius 3 is 2.25 bits per heavy atom. The second kappa shape index (κ2) is 3.65. The summed E-state index contributed by atoms with van der Waals surface area (Å²) in [7, 11) is 0. The van der Waals surface area contributed by atoms with Gasteiger partial charge in [0.05, 0.1) is 0 Å². The second-order valence-corrected chi connectivity index (χ2v) is 2.29. The van der Waals surface area contributed by atoms with E-state index in [9.17, 15) is 0 Å². The molecule has 47 valence electrons. The van der Waals surface area contributed by atoms with Gasteiger partial charge in [-0.1, -0.05) is 20.8 Å². The van der Waals surface area contributed by atoms with Gasteiger partial charge in [-0.3, -0.25) is 0 Å². The minimum atomic E-state index is 0.422. The summed E-state index contributed by atoms with van der Waals surface area (Å²) in [6, 6.07) is 0. The maximum Gasteiger partial charge on any atom is 0.0117 e. The van der Waals surface area contributed by atoms with Gasteiger partial charge in [0, 0.05) is 5.71 Å². The Kier molecular flexibility index (Phi) is 3.49. The van der Waals surface area contributed by atoms with Gasteiger partial charge in [0.25, 0.3) is 0 Å². The van der Waals surface area contributed by atoms with Gasteiger partial charge in [-0.05, 0) is 18.8 Å². The summed E-state index contributed by atoms with van der Waals surface area (Å²) in [6.45, 7) is 6.08. The standard InChI is InChI=1S/C7H14N/c1-4-5-7(8)6(2)3/h4,6,8H,5H2,1-3H3. The minimum absolute atomic E-state index is 0.422. The van der Waals surface area contributed by atoms with Crippen LogP contribution in [0.25, 0.3) is 0 Å². The molecule has 0 saturated carbocycles. The average Bonchev–Trinajstić information content (AvgIpc) is 1.67. The molecule has 0 heterocycles. The van der Waals surface area contributed by atoms with Crippen LogP contribution in [-0.4, -0.2) is 5.71 Å². The average molecular weight is 112 g/mol. The first kappa shape index (κ1) is 7.67. The summed E-state index contributed by atoms with van der Waals surface area (Å²) in [4.78, 5) is 0. The van der Waals surface area contributed by atoms with E-state index in [4.69, 9.17) is 5.41 Å². The summed E-state index contributed by atoms with van der Waals surface area (Å²) in [5, 5.41) is 7.31. The van der Waals surface area contributed by atoms with Gasteiger partial charge in [0.1, 0.15) is 0 Å². The Labute approximate surface area is 51.6 Å². The molecular formula is C7H14N. The van der Waals surface area contributed by atoms with Crippen molar-refractivity contribution < 1.29 is 0 Å². The largest absolute Gasteiger partial charge is 0.309 e. The summed E-state index contributed by atoms with van der Waals surface area (Å²) in [5.74, 6) is 0.422. The fourth-order valence-electron chi connectivity index (χ4n) is 0.456. The molecule has 8 heavy (non-hydrogen) atoms. The van der Waals surface area contributed by atoms with Crippen LogP contribution < -0.4 is 0 Å². The smallest absolute Gasteiger partial charge is 0.0117 e. The molecule has 0 aliphatic heterocycles. The molecule has 1 N–H and O–H groups in total. The summed E-state index contributed by atoms with van der Waals surface area (Å²) in [5.41, 5.74) is 0.826. The first-order chi connectivity index (χ1) is 3.68. The van der Waals surface area contributed by atoms with Crippen molar-refractivity contribution in [2.75, 3.05) is 0 Å². The van der Waals surface area contributed by atoms with Crippen LogP contribution in [0.1, 0.15) is 27.2 Å². The van der Waals surface area contributed by atoms with Gasteiger partial charge < -0.3 is 5.41 Å². The molecule has 0 fully saturated rings. The lowest BCUT2D eigenvalue weighted by Gasteiger charge is -2.02. The fourth-order valence-corrected chi connectivity index (χ4v) is 0.456. The van der Waals surface area contributed by atoms with Crippen molar-refractivity contribution in [1.29, 1.82) is 5.41 Å². The Bertz CT molecular complexity index is 74.5. The lowest BCUT2D eigenvalue weighted by Crippen LogP contribution is -2.04. The van der Waals surface area contributed by atoms with Gasteiger partial charge in [-0.15, -0.1) is 0 Å². The van der Waals surface area contributed by atoms with Crippen molar-refractivity contribution in [3.63, 3.8) is 0 Å². The van der Waals surface area contributed by atoms with Gasteiger partial charge in [-0.2, -0.15) is 0 Å². The highest BCUT2D eigenvalue weighted by Gasteiger charge is 1.98. The van der Waals surface area contributed by atoms with Crippen LogP contribution in [0.2, 0.25) is 0 Å². The quantitative estimate of drug-likeness (QED) is 0.541. The van der Waals surface area contributed by atoms with Crippen molar-refractivity contribution in [3.8, 4) is 0 Å². The monoisotopic (exact) mass is 112 g/mol. The number of nitrogens with one attached hydrogen (secondary N) is 1. The molecule has 0 aliphatic carbocycles. The van der Waals surface area contributed by atoms with E-state index < -0.39 is 0 Å². The van der Waals surface area contributed by atoms with Crippen molar-refractivity contribution in [2.45, 2.75) is 27.2 Å². The molecule has 0 amide bonds. The molecule has 0 saturated heterocycles. The summed E-state index contributed by atoms with van der Waals surface area (Å²) >= 11 is 0. The molecule has 1 nitrogen and oxygen atoms in total. The topological polar surface area (TPSA) is 23.9 Å². The van der Waals surface area contributed by atoms with E-state index in [0.29, 0.717) is 5.92 Å². The Hall–Kier alpha value is -0.330. The van der Waals surface area contributed by atoms with E-state index in [-0.39, 0.29) is 0 Å². The fraction of sp³-hybridized carbons (Fsp3) is 0.714. The van der Waals surface area contributed by atoms with Gasteiger partial charge >= 0.3 is 0 Å². The van der Waals surface area contributed by atoms with E-state index in [2.05, 4.69) is 0 Å². The molecule has 1 heteroatoms.